The summed E-state index contributed by atoms with van der Waals surface area (Å²) in [5, 5.41) is 0. The van der Waals surface area contributed by atoms with Crippen LogP contribution in [0.4, 0.5) is 87.8 Å². The molecule has 5 aromatic carbocycles. The molecular formula is C41H28F20Ni2O2. The number of benzene rings is 5. The molecule has 65 heavy (non-hydrogen) atoms. The molecule has 2 aliphatic rings. The fourth-order valence-corrected chi connectivity index (χ4v) is 7.14. The number of aryl methyl sites for hydroxylation is 3. The summed E-state index contributed by atoms with van der Waals surface area (Å²) in [6, 6.07) is 6.56. The summed E-state index contributed by atoms with van der Waals surface area (Å²) in [4.78, 5) is 0. The first kappa shape index (κ1) is 54.9. The Morgan fingerprint density at radius 1 is 0.262 bits per heavy atom. The molecule has 2 saturated heterocycles. The monoisotopic (exact) mass is 1050 g/mol. The molecular weight excluding hydrogens is 1020 g/mol. The topological polar surface area (TPSA) is 18.5 Å². The van der Waals surface area contributed by atoms with Crippen molar-refractivity contribution in [1.29, 1.82) is 0 Å². The first-order chi connectivity index (χ1) is 30.4. The van der Waals surface area contributed by atoms with Crippen LogP contribution in [0.1, 0.15) is 42.4 Å². The van der Waals surface area contributed by atoms with Gasteiger partial charge in [-0.2, -0.15) is 0 Å². The Morgan fingerprint density at radius 2 is 0.400 bits per heavy atom. The molecule has 0 aromatic heterocycles. The number of rotatable bonds is 4. The molecule has 0 aliphatic carbocycles. The average molecular weight is 1050 g/mol. The quantitative estimate of drug-likeness (QED) is 0.0773. The van der Waals surface area contributed by atoms with Gasteiger partial charge in [0.25, 0.3) is 0 Å². The van der Waals surface area contributed by atoms with E-state index in [0.29, 0.717) is 0 Å². The van der Waals surface area contributed by atoms with E-state index in [9.17, 15) is 87.8 Å². The Kier molecular flexibility index (Phi) is 20.6. The van der Waals surface area contributed by atoms with Gasteiger partial charge in [0.2, 0.25) is 0 Å². The minimum absolute atomic E-state index is 1.00. The van der Waals surface area contributed by atoms with Crippen molar-refractivity contribution in [3.05, 3.63) is 151 Å². The fourth-order valence-electron chi connectivity index (χ4n) is 4.92. The molecule has 0 atom stereocenters. The number of ether oxygens (including phenoxy) is 2. The van der Waals surface area contributed by atoms with Gasteiger partial charge in [0.05, 0.1) is 0 Å². The van der Waals surface area contributed by atoms with Gasteiger partial charge in [-0.15, -0.1) is 0 Å². The summed E-state index contributed by atoms with van der Waals surface area (Å²) in [5.74, 6) is -49.3. The van der Waals surface area contributed by atoms with Gasteiger partial charge in [0.15, 0.2) is 0 Å². The van der Waals surface area contributed by atoms with E-state index in [1.807, 2.05) is 0 Å². The standard InChI is InChI=1S/C9H12.4C6F5.2C4H8O.2Ni/c1-7-4-8(2)6-9(3)5-7;4*7-2-1-3(8)5(10)6(11)4(2)9;2*1-2-4-5-3-1;;/h4-6H,1-3H3;;;;;2*1-4H2;;. The molecule has 2 heterocycles. The van der Waals surface area contributed by atoms with Crippen LogP contribution in [-0.2, 0) is 38.4 Å². The molecule has 2 fully saturated rings. The number of hydrogen-bond acceptors (Lipinski definition) is 2. The van der Waals surface area contributed by atoms with Crippen LogP contribution in [0.2, 0.25) is 0 Å². The summed E-state index contributed by atoms with van der Waals surface area (Å²) in [7, 11) is 0. The van der Waals surface area contributed by atoms with Crippen LogP contribution < -0.4 is 18.1 Å². The first-order valence-corrected chi connectivity index (χ1v) is 19.8. The Bertz CT molecular complexity index is 2050. The maximum absolute atomic E-state index is 13.4. The average Bonchev–Trinajstić information content (AvgIpc) is 4.07. The van der Waals surface area contributed by atoms with Crippen LogP contribution in [0.5, 0.6) is 0 Å². The van der Waals surface area contributed by atoms with Crippen molar-refractivity contribution >= 4 is 18.1 Å². The Labute approximate surface area is 367 Å². The van der Waals surface area contributed by atoms with Gasteiger partial charge in [-0.3, -0.25) is 0 Å². The van der Waals surface area contributed by atoms with E-state index in [2.05, 4.69) is 39.0 Å². The molecule has 0 bridgehead atoms. The van der Waals surface area contributed by atoms with Crippen LogP contribution in [0.3, 0.4) is 0 Å². The van der Waals surface area contributed by atoms with E-state index in [1.165, 1.54) is 42.4 Å². The van der Waals surface area contributed by atoms with Crippen molar-refractivity contribution in [2.24, 2.45) is 0 Å². The van der Waals surface area contributed by atoms with Crippen LogP contribution in [0.25, 0.3) is 0 Å². The molecule has 0 N–H and O–H groups in total. The zero-order valence-electron chi connectivity index (χ0n) is 32.9. The van der Waals surface area contributed by atoms with Crippen molar-refractivity contribution in [3.63, 3.8) is 0 Å². The van der Waals surface area contributed by atoms with Crippen LogP contribution in [-0.4, -0.2) is 26.4 Å². The zero-order valence-corrected chi connectivity index (χ0v) is 34.9. The van der Waals surface area contributed by atoms with Crippen LogP contribution in [0, 0.1) is 137 Å². The van der Waals surface area contributed by atoms with Gasteiger partial charge in [0, 0.05) is 26.4 Å². The number of hydrogen-bond donors (Lipinski definition) is 0. The summed E-state index contributed by atoms with van der Waals surface area (Å²) in [5.41, 5.74) is 4.06. The molecule has 5 aromatic rings. The molecule has 0 radical (unpaired) electrons. The Hall–Kier alpha value is -4.39. The molecule has 2 nitrogen and oxygen atoms in total. The second-order valence-electron chi connectivity index (χ2n) is 12.9. The third kappa shape index (κ3) is 13.4. The fraction of sp³-hybridized carbons (Fsp3) is 0.268. The normalized spacial score (nSPS) is 13.1. The maximum atomic E-state index is 13.4. The summed E-state index contributed by atoms with van der Waals surface area (Å²) >= 11 is -2.11. The van der Waals surface area contributed by atoms with E-state index in [-0.39, 0.29) is 0 Å². The van der Waals surface area contributed by atoms with Crippen molar-refractivity contribution in [3.8, 4) is 0 Å². The molecule has 0 saturated carbocycles. The Balaban J connectivity index is 0.000000246. The molecule has 0 unspecified atom stereocenters. The minimum atomic E-state index is -2.54. The molecule has 0 spiro atoms. The summed E-state index contributed by atoms with van der Waals surface area (Å²) in [6.45, 7) is 10.4. The van der Waals surface area contributed by atoms with Gasteiger partial charge in [-0.05, 0) is 46.5 Å². The van der Waals surface area contributed by atoms with Gasteiger partial charge < -0.3 is 9.47 Å². The van der Waals surface area contributed by atoms with E-state index >= 15 is 0 Å². The van der Waals surface area contributed by atoms with E-state index in [0.717, 1.165) is 26.4 Å². The van der Waals surface area contributed by atoms with Gasteiger partial charge in [-0.1, -0.05) is 34.9 Å². The Morgan fingerprint density at radius 3 is 0.523 bits per heavy atom. The summed E-state index contributed by atoms with van der Waals surface area (Å²) in [6.07, 6.45) is 5.11. The van der Waals surface area contributed by atoms with Crippen LogP contribution in [0.15, 0.2) is 18.2 Å². The summed E-state index contributed by atoms with van der Waals surface area (Å²) < 4.78 is 265. The third-order valence-corrected chi connectivity index (χ3v) is 10.6. The van der Waals surface area contributed by atoms with E-state index in [4.69, 9.17) is 9.47 Å². The predicted molar refractivity (Wildman–Crippen MR) is 184 cm³/mol. The second kappa shape index (κ2) is 24.4. The van der Waals surface area contributed by atoms with E-state index in [1.54, 1.807) is 0 Å². The van der Waals surface area contributed by atoms with Crippen molar-refractivity contribution in [2.75, 3.05) is 26.4 Å². The third-order valence-electron chi connectivity index (χ3n) is 7.85. The second-order valence-corrected chi connectivity index (χ2v) is 15.3. The van der Waals surface area contributed by atoms with Gasteiger partial charge in [-0.25, -0.2) is 0 Å². The van der Waals surface area contributed by atoms with Crippen molar-refractivity contribution in [1.82, 2.24) is 0 Å². The van der Waals surface area contributed by atoms with Crippen molar-refractivity contribution in [2.45, 2.75) is 46.5 Å². The molecule has 2 aliphatic heterocycles. The molecule has 7 rings (SSSR count). The zero-order chi connectivity index (χ0) is 49.2. The SMILES string of the molecule is C1CCOC1.C1CCOC1.Cc1cc(C)cc(C)c1.Fc1c(F)c(F)[c]([Ni][c]2c(F)c(F)c(F)c(F)c2F)c(F)c1F.Fc1c(F)c(F)[c]([Ni][c]2c(F)c(F)c(F)c(F)c2F)c(F)c1F. The van der Waals surface area contributed by atoms with Crippen molar-refractivity contribution < 1.29 is 126 Å². The van der Waals surface area contributed by atoms with E-state index < -0.39 is 163 Å². The molecule has 364 valence electrons. The first-order valence-electron chi connectivity index (χ1n) is 17.8. The van der Waals surface area contributed by atoms with Crippen LogP contribution >= 0.6 is 0 Å². The molecule has 24 heteroatoms. The van der Waals surface area contributed by atoms with Gasteiger partial charge in [0.1, 0.15) is 0 Å². The van der Waals surface area contributed by atoms with Gasteiger partial charge >= 0.3 is 251 Å². The molecule has 0 amide bonds. The predicted octanol–water partition coefficient (Wildman–Crippen LogP) is 10.4. The number of halogens is 20.